The van der Waals surface area contributed by atoms with Crippen molar-refractivity contribution in [1.29, 1.82) is 0 Å². The second-order valence-corrected chi connectivity index (χ2v) is 8.73. The largest absolute Gasteiger partial charge is 0.289 e. The molecule has 2 atom stereocenters. The monoisotopic (exact) mass is 414 g/mol. The highest BCUT2D eigenvalue weighted by Gasteiger charge is 2.66. The van der Waals surface area contributed by atoms with Gasteiger partial charge in [-0.25, -0.2) is 9.78 Å². The highest BCUT2D eigenvalue weighted by molar-refractivity contribution is 6.16. The predicted molar refractivity (Wildman–Crippen MR) is 115 cm³/mol. The number of hydrogen-bond acceptors (Lipinski definition) is 4. The minimum atomic E-state index is -1.10. The molecule has 9 rings (SSSR count). The molecule has 0 saturated heterocycles. The first kappa shape index (κ1) is 16.8. The molecule has 0 fully saturated rings. The van der Waals surface area contributed by atoms with Crippen LogP contribution in [0, 0.1) is 0 Å². The molecule has 5 aliphatic rings. The van der Waals surface area contributed by atoms with Crippen molar-refractivity contribution in [2.75, 3.05) is 0 Å². The molecule has 4 aromatic rings. The Morgan fingerprint density at radius 1 is 0.438 bits per heavy atom. The van der Waals surface area contributed by atoms with Gasteiger partial charge in [-0.2, -0.15) is 0 Å². The van der Waals surface area contributed by atoms with Crippen molar-refractivity contribution in [2.45, 2.75) is 11.2 Å². The highest BCUT2D eigenvalue weighted by Crippen LogP contribution is 2.65. The van der Waals surface area contributed by atoms with Gasteiger partial charge in [0, 0.05) is 55.6 Å². The summed E-state index contributed by atoms with van der Waals surface area (Å²) in [5.41, 5.74) is 5.09. The normalized spacial score (nSPS) is 25.0. The Morgan fingerprint density at radius 2 is 0.812 bits per heavy atom. The van der Waals surface area contributed by atoms with E-state index in [-0.39, 0.29) is 11.6 Å². The summed E-state index contributed by atoms with van der Waals surface area (Å²) in [5.74, 6) is -0.0398. The summed E-state index contributed by atoms with van der Waals surface area (Å²) in [4.78, 5) is 39.9. The first-order valence-electron chi connectivity index (χ1n) is 10.6. The van der Waals surface area contributed by atoms with E-state index in [0.29, 0.717) is 22.3 Å². The molecule has 0 N–H and O–H groups in total. The van der Waals surface area contributed by atoms with Gasteiger partial charge >= 0.3 is 0 Å². The number of ketones is 2. The summed E-state index contributed by atoms with van der Waals surface area (Å²) in [7, 11) is 0. The summed E-state index contributed by atoms with van der Waals surface area (Å²) in [6.45, 7) is 0. The number of benzene rings is 4. The van der Waals surface area contributed by atoms with E-state index < -0.39 is 11.2 Å². The van der Waals surface area contributed by atoms with Gasteiger partial charge in [-0.3, -0.25) is 9.59 Å². The molecule has 0 aromatic heterocycles. The van der Waals surface area contributed by atoms with Crippen LogP contribution < -0.4 is 0 Å². The Labute approximate surface area is 183 Å². The molecular formula is C28H14O4. The lowest BCUT2D eigenvalue weighted by atomic mass is 9.56. The maximum Gasteiger partial charge on any atom is 0.193 e. The fourth-order valence-electron chi connectivity index (χ4n) is 6.31. The third kappa shape index (κ3) is 1.49. The standard InChI is InChI=1S/C28H14O4/c29-25-15-7-1-3-11-19(15)27-21-13-6-10-18-24(21)28(32-31-27,22-14-5-9-17(25)23(22)27)20-12-4-2-8-16(20)26(18)30/h1-14H. The van der Waals surface area contributed by atoms with E-state index >= 15 is 0 Å². The molecule has 4 nitrogen and oxygen atoms in total. The second-order valence-electron chi connectivity index (χ2n) is 8.73. The Hall–Kier alpha value is -3.86. The van der Waals surface area contributed by atoms with E-state index in [9.17, 15) is 9.59 Å². The maximum atomic E-state index is 13.6. The van der Waals surface area contributed by atoms with Crippen LogP contribution in [0.25, 0.3) is 0 Å². The molecule has 4 heteroatoms. The molecule has 0 radical (unpaired) electrons. The molecule has 2 spiro atoms. The smallest absolute Gasteiger partial charge is 0.193 e. The Bertz CT molecular complexity index is 1460. The third-order valence-electron chi connectivity index (χ3n) is 7.47. The van der Waals surface area contributed by atoms with Crippen molar-refractivity contribution in [3.63, 3.8) is 0 Å². The van der Waals surface area contributed by atoms with E-state index in [2.05, 4.69) is 0 Å². The molecule has 2 bridgehead atoms. The SMILES string of the molecule is O=C1c2ccccc2C23OOC4(c5ccccc5C(=O)c5cccc2c54)c2cccc1c23. The minimum absolute atomic E-state index is 0.0199. The summed E-state index contributed by atoms with van der Waals surface area (Å²) in [6.07, 6.45) is 0. The summed E-state index contributed by atoms with van der Waals surface area (Å²) >= 11 is 0. The summed E-state index contributed by atoms with van der Waals surface area (Å²) < 4.78 is 0. The van der Waals surface area contributed by atoms with E-state index in [1.54, 1.807) is 0 Å². The molecule has 2 unspecified atom stereocenters. The van der Waals surface area contributed by atoms with Crippen LogP contribution >= 0.6 is 0 Å². The molecule has 2 heterocycles. The second kappa shape index (κ2) is 5.13. The van der Waals surface area contributed by atoms with E-state index in [1.165, 1.54) is 0 Å². The predicted octanol–water partition coefficient (Wildman–Crippen LogP) is 4.63. The van der Waals surface area contributed by atoms with Crippen LogP contribution in [0.3, 0.4) is 0 Å². The zero-order valence-corrected chi connectivity index (χ0v) is 16.7. The number of carbonyl (C=O) groups is 2. The number of rotatable bonds is 0. The fourth-order valence-corrected chi connectivity index (χ4v) is 6.31. The lowest BCUT2D eigenvalue weighted by Gasteiger charge is -2.57. The van der Waals surface area contributed by atoms with Crippen molar-refractivity contribution < 1.29 is 19.4 Å². The van der Waals surface area contributed by atoms with E-state index in [1.807, 2.05) is 84.9 Å². The van der Waals surface area contributed by atoms with Gasteiger partial charge in [0.2, 0.25) is 0 Å². The van der Waals surface area contributed by atoms with Gasteiger partial charge in [0.05, 0.1) is 0 Å². The number of hydrogen-bond donors (Lipinski definition) is 0. The topological polar surface area (TPSA) is 52.6 Å². The summed E-state index contributed by atoms with van der Waals surface area (Å²) in [6, 6.07) is 26.6. The molecule has 32 heavy (non-hydrogen) atoms. The van der Waals surface area contributed by atoms with Crippen LogP contribution in [-0.4, -0.2) is 11.6 Å². The van der Waals surface area contributed by atoms with Crippen LogP contribution in [0.4, 0.5) is 0 Å². The van der Waals surface area contributed by atoms with Crippen molar-refractivity contribution in [1.82, 2.24) is 0 Å². The van der Waals surface area contributed by atoms with Gasteiger partial charge in [0.1, 0.15) is 0 Å². The van der Waals surface area contributed by atoms with Gasteiger partial charge in [0.15, 0.2) is 22.8 Å². The highest BCUT2D eigenvalue weighted by atomic mass is 17.2. The van der Waals surface area contributed by atoms with Crippen LogP contribution in [-0.2, 0) is 21.0 Å². The first-order chi connectivity index (χ1) is 15.7. The number of carbonyl (C=O) groups excluding carboxylic acids is 2. The molecule has 0 amide bonds. The van der Waals surface area contributed by atoms with Gasteiger partial charge in [-0.05, 0) is 0 Å². The van der Waals surface area contributed by atoms with Crippen molar-refractivity contribution in [3.05, 3.63) is 141 Å². The van der Waals surface area contributed by atoms with Crippen LogP contribution in [0.2, 0.25) is 0 Å². The lowest BCUT2D eigenvalue weighted by molar-refractivity contribution is -0.410. The minimum Gasteiger partial charge on any atom is -0.289 e. The van der Waals surface area contributed by atoms with Crippen molar-refractivity contribution in [3.8, 4) is 0 Å². The molecule has 4 aromatic carbocycles. The molecule has 2 aliphatic heterocycles. The average molecular weight is 414 g/mol. The third-order valence-corrected chi connectivity index (χ3v) is 7.47. The van der Waals surface area contributed by atoms with Crippen LogP contribution in [0.5, 0.6) is 0 Å². The zero-order chi connectivity index (χ0) is 21.2. The van der Waals surface area contributed by atoms with Crippen LogP contribution in [0.1, 0.15) is 65.2 Å². The lowest BCUT2D eigenvalue weighted by Crippen LogP contribution is -2.57. The zero-order valence-electron chi connectivity index (χ0n) is 16.7. The quantitative estimate of drug-likeness (QED) is 0.394. The average Bonchev–Trinajstić information content (AvgIpc) is 2.86. The number of fused-ring (bicyclic) bond motifs is 3. The van der Waals surface area contributed by atoms with Crippen molar-refractivity contribution >= 4 is 11.6 Å². The Balaban J connectivity index is 1.65. The van der Waals surface area contributed by atoms with Gasteiger partial charge in [-0.1, -0.05) is 84.9 Å². The van der Waals surface area contributed by atoms with Gasteiger partial charge in [-0.15, -0.1) is 0 Å². The first-order valence-corrected chi connectivity index (χ1v) is 10.6. The van der Waals surface area contributed by atoms with Gasteiger partial charge < -0.3 is 0 Å². The van der Waals surface area contributed by atoms with Crippen molar-refractivity contribution in [2.24, 2.45) is 0 Å². The molecule has 150 valence electrons. The van der Waals surface area contributed by atoms with Crippen LogP contribution in [0.15, 0.2) is 84.9 Å². The molecule has 0 saturated carbocycles. The van der Waals surface area contributed by atoms with E-state index in [4.69, 9.17) is 9.78 Å². The molecular weight excluding hydrogens is 400 g/mol. The maximum absolute atomic E-state index is 13.6. The Morgan fingerprint density at radius 3 is 1.28 bits per heavy atom. The summed E-state index contributed by atoms with van der Waals surface area (Å²) in [5, 5.41) is 0. The molecule has 3 aliphatic carbocycles. The fraction of sp³-hybridized carbons (Fsp3) is 0.0714. The Kier molecular flexibility index (Phi) is 2.69. The van der Waals surface area contributed by atoms with E-state index in [0.717, 1.165) is 33.4 Å². The van der Waals surface area contributed by atoms with Gasteiger partial charge in [0.25, 0.3) is 0 Å².